The number of nitrogens with one attached hydrogen (secondary N) is 1. The highest BCUT2D eigenvalue weighted by atomic mass is 14.9. The number of hydrogen-bond acceptors (Lipinski definition) is 2. The molecule has 2 heteroatoms. The molecule has 2 rings (SSSR count). The number of aryl methyl sites for hydroxylation is 1. The maximum absolute atomic E-state index is 4.18. The van der Waals surface area contributed by atoms with E-state index < -0.39 is 0 Å². The lowest BCUT2D eigenvalue weighted by Gasteiger charge is -2.17. The molecule has 1 heterocycles. The molecule has 0 spiro atoms. The maximum Gasteiger partial charge on any atom is 0.0417 e. The zero-order chi connectivity index (χ0) is 19.2. The van der Waals surface area contributed by atoms with Crippen molar-refractivity contribution >= 4 is 5.69 Å². The SMILES string of the molecule is C=C(Nc1cc(-c2cccnc2)ccc1C)C(C)CC.C=CC.CC. The van der Waals surface area contributed by atoms with Crippen LogP contribution in [0, 0.1) is 12.8 Å². The fourth-order valence-electron chi connectivity index (χ4n) is 2.01. The van der Waals surface area contributed by atoms with E-state index >= 15 is 0 Å². The molecule has 2 nitrogen and oxygen atoms in total. The molecular formula is C23H34N2. The Labute approximate surface area is 154 Å². The normalized spacial score (nSPS) is 10.3. The van der Waals surface area contributed by atoms with Gasteiger partial charge in [-0.25, -0.2) is 0 Å². The van der Waals surface area contributed by atoms with E-state index in [4.69, 9.17) is 0 Å². The van der Waals surface area contributed by atoms with Gasteiger partial charge in [-0.1, -0.05) is 58.5 Å². The second kappa shape index (κ2) is 13.0. The highest BCUT2D eigenvalue weighted by Crippen LogP contribution is 2.27. The Bertz CT molecular complexity index is 630. The Morgan fingerprint density at radius 3 is 2.40 bits per heavy atom. The average Bonchev–Trinajstić information content (AvgIpc) is 2.65. The van der Waals surface area contributed by atoms with Crippen LogP contribution in [0.4, 0.5) is 5.69 Å². The lowest BCUT2D eigenvalue weighted by atomic mass is 10.0. The number of rotatable bonds is 5. The van der Waals surface area contributed by atoms with Crippen LogP contribution in [0.2, 0.25) is 0 Å². The zero-order valence-electron chi connectivity index (χ0n) is 16.8. The van der Waals surface area contributed by atoms with Crippen molar-refractivity contribution in [2.45, 2.75) is 48.0 Å². The second-order valence-corrected chi connectivity index (χ2v) is 5.64. The van der Waals surface area contributed by atoms with Gasteiger partial charge in [-0.2, -0.15) is 0 Å². The first kappa shape index (κ1) is 22.6. The van der Waals surface area contributed by atoms with Crippen LogP contribution in [0.25, 0.3) is 11.1 Å². The third kappa shape index (κ3) is 7.84. The smallest absolute Gasteiger partial charge is 0.0417 e. The molecule has 0 amide bonds. The van der Waals surface area contributed by atoms with Crippen molar-refractivity contribution in [2.24, 2.45) is 5.92 Å². The van der Waals surface area contributed by atoms with Crippen molar-refractivity contribution in [3.05, 3.63) is 73.2 Å². The summed E-state index contributed by atoms with van der Waals surface area (Å²) in [6, 6.07) is 10.5. The Kier molecular flexibility index (Phi) is 11.8. The molecular weight excluding hydrogens is 304 g/mol. The van der Waals surface area contributed by atoms with Gasteiger partial charge in [-0.15, -0.1) is 6.58 Å². The Morgan fingerprint density at radius 1 is 1.24 bits per heavy atom. The van der Waals surface area contributed by atoms with E-state index in [1.54, 1.807) is 12.3 Å². The minimum atomic E-state index is 0.469. The quantitative estimate of drug-likeness (QED) is 0.581. The molecule has 1 N–H and O–H groups in total. The first-order valence-electron chi connectivity index (χ1n) is 9.07. The summed E-state index contributed by atoms with van der Waals surface area (Å²) in [7, 11) is 0. The van der Waals surface area contributed by atoms with E-state index in [1.165, 1.54) is 11.1 Å². The van der Waals surface area contributed by atoms with Gasteiger partial charge in [-0.05, 0) is 49.4 Å². The molecule has 0 fully saturated rings. The van der Waals surface area contributed by atoms with Crippen molar-refractivity contribution in [1.29, 1.82) is 0 Å². The topological polar surface area (TPSA) is 24.9 Å². The summed E-state index contributed by atoms with van der Waals surface area (Å²) in [5, 5.41) is 3.46. The Hall–Kier alpha value is -2.35. The molecule has 1 aromatic heterocycles. The van der Waals surface area contributed by atoms with Crippen LogP contribution >= 0.6 is 0 Å². The van der Waals surface area contributed by atoms with E-state index in [2.05, 4.69) is 68.5 Å². The first-order chi connectivity index (χ1) is 12.0. The molecule has 1 aromatic carbocycles. The number of allylic oxidation sites excluding steroid dienone is 2. The average molecular weight is 339 g/mol. The third-order valence-electron chi connectivity index (χ3n) is 3.73. The van der Waals surface area contributed by atoms with Gasteiger partial charge in [-0.3, -0.25) is 4.98 Å². The predicted molar refractivity (Wildman–Crippen MR) is 114 cm³/mol. The van der Waals surface area contributed by atoms with E-state index in [0.717, 1.165) is 23.4 Å². The summed E-state index contributed by atoms with van der Waals surface area (Å²) < 4.78 is 0. The molecule has 136 valence electrons. The van der Waals surface area contributed by atoms with Crippen LogP contribution in [-0.2, 0) is 0 Å². The standard InChI is InChI=1S/C18H22N2.C3H6.C2H6/c1-5-13(2)15(4)20-18-11-16(9-8-14(18)3)17-7-6-10-19-12-17;1-3-2;1-2/h6-13,20H,4-5H2,1-3H3;3H,1H2,2H3;1-2H3. The van der Waals surface area contributed by atoms with Gasteiger partial charge in [0, 0.05) is 29.3 Å². The van der Waals surface area contributed by atoms with Crippen molar-refractivity contribution in [2.75, 3.05) is 5.32 Å². The molecule has 1 unspecified atom stereocenters. The van der Waals surface area contributed by atoms with Crippen LogP contribution in [-0.4, -0.2) is 4.98 Å². The summed E-state index contributed by atoms with van der Waals surface area (Å²) in [5.41, 5.74) is 5.71. The molecule has 1 atom stereocenters. The van der Waals surface area contributed by atoms with Gasteiger partial charge >= 0.3 is 0 Å². The zero-order valence-corrected chi connectivity index (χ0v) is 16.8. The summed E-state index contributed by atoms with van der Waals surface area (Å²) in [6.45, 7) is 19.9. The highest BCUT2D eigenvalue weighted by Gasteiger charge is 2.07. The number of nitrogens with zero attached hydrogens (tertiary/aromatic N) is 1. The van der Waals surface area contributed by atoms with Crippen LogP contribution in [0.1, 0.15) is 46.6 Å². The van der Waals surface area contributed by atoms with Crippen LogP contribution < -0.4 is 5.32 Å². The van der Waals surface area contributed by atoms with E-state index in [1.807, 2.05) is 33.0 Å². The first-order valence-corrected chi connectivity index (χ1v) is 9.07. The molecule has 0 saturated heterocycles. The Balaban J connectivity index is 0.00000104. The number of aromatic nitrogens is 1. The van der Waals surface area contributed by atoms with Crippen LogP contribution in [0.5, 0.6) is 0 Å². The maximum atomic E-state index is 4.18. The number of anilines is 1. The van der Waals surface area contributed by atoms with E-state index in [-0.39, 0.29) is 0 Å². The monoisotopic (exact) mass is 338 g/mol. The van der Waals surface area contributed by atoms with Gasteiger partial charge in [0.05, 0.1) is 0 Å². The van der Waals surface area contributed by atoms with Crippen molar-refractivity contribution < 1.29 is 0 Å². The van der Waals surface area contributed by atoms with Crippen LogP contribution in [0.3, 0.4) is 0 Å². The molecule has 0 saturated carbocycles. The minimum absolute atomic E-state index is 0.469. The van der Waals surface area contributed by atoms with Gasteiger partial charge < -0.3 is 5.32 Å². The number of hydrogen-bond donors (Lipinski definition) is 1. The van der Waals surface area contributed by atoms with Crippen molar-refractivity contribution in [3.8, 4) is 11.1 Å². The Morgan fingerprint density at radius 2 is 1.88 bits per heavy atom. The number of benzene rings is 1. The van der Waals surface area contributed by atoms with Crippen molar-refractivity contribution in [1.82, 2.24) is 4.98 Å². The van der Waals surface area contributed by atoms with Gasteiger partial charge in [0.2, 0.25) is 0 Å². The lowest BCUT2D eigenvalue weighted by molar-refractivity contribution is 0.661. The molecule has 0 radical (unpaired) electrons. The third-order valence-corrected chi connectivity index (χ3v) is 3.73. The fourth-order valence-corrected chi connectivity index (χ4v) is 2.01. The molecule has 25 heavy (non-hydrogen) atoms. The summed E-state index contributed by atoms with van der Waals surface area (Å²) in [4.78, 5) is 4.18. The van der Waals surface area contributed by atoms with Crippen molar-refractivity contribution in [3.63, 3.8) is 0 Å². The summed E-state index contributed by atoms with van der Waals surface area (Å²) in [5.74, 6) is 0.469. The van der Waals surface area contributed by atoms with Crippen LogP contribution in [0.15, 0.2) is 67.7 Å². The van der Waals surface area contributed by atoms with E-state index in [0.29, 0.717) is 5.92 Å². The molecule has 2 aromatic rings. The summed E-state index contributed by atoms with van der Waals surface area (Å²) >= 11 is 0. The van der Waals surface area contributed by atoms with Gasteiger partial charge in [0.25, 0.3) is 0 Å². The fraction of sp³-hybridized carbons (Fsp3) is 0.348. The molecule has 0 aliphatic rings. The largest absolute Gasteiger partial charge is 0.359 e. The highest BCUT2D eigenvalue weighted by molar-refractivity contribution is 5.70. The summed E-state index contributed by atoms with van der Waals surface area (Å²) in [6.07, 6.45) is 6.52. The molecule has 0 bridgehead atoms. The van der Waals surface area contributed by atoms with Gasteiger partial charge in [0.15, 0.2) is 0 Å². The minimum Gasteiger partial charge on any atom is -0.359 e. The molecule has 0 aliphatic carbocycles. The van der Waals surface area contributed by atoms with E-state index in [9.17, 15) is 0 Å². The predicted octanol–water partition coefficient (Wildman–Crippen LogP) is 7.25. The number of pyridine rings is 1. The second-order valence-electron chi connectivity index (χ2n) is 5.64. The van der Waals surface area contributed by atoms with Gasteiger partial charge in [0.1, 0.15) is 0 Å². The molecule has 0 aliphatic heterocycles. The lowest BCUT2D eigenvalue weighted by Crippen LogP contribution is -2.07.